The largest absolute Gasteiger partial charge is 0.480 e. The number of rotatable bonds is 23. The van der Waals surface area contributed by atoms with Crippen LogP contribution in [0.15, 0.2) is 0 Å². The maximum atomic E-state index is 12.2. The van der Waals surface area contributed by atoms with Crippen molar-refractivity contribution in [2.24, 2.45) is 0 Å². The summed E-state index contributed by atoms with van der Waals surface area (Å²) in [6.07, 6.45) is 1.10. The SMILES string of the molecule is CCOCCOCC(=O)N[C@@H](CCC(=O)N[C@@H](CCC(=O)NCCCC[C@H](NC)C(C)=O)C(=O)O)C(=O)O. The molecule has 0 spiro atoms. The molecule has 0 saturated heterocycles. The summed E-state index contributed by atoms with van der Waals surface area (Å²) in [6, 6.07) is -2.92. The molecule has 0 aromatic rings. The summed E-state index contributed by atoms with van der Waals surface area (Å²) < 4.78 is 10.1. The summed E-state index contributed by atoms with van der Waals surface area (Å²) in [7, 11) is 1.71. The van der Waals surface area contributed by atoms with E-state index >= 15 is 0 Å². The molecular formula is C24H42N4O10. The topological polar surface area (TPSA) is 209 Å². The number of hydrogen-bond donors (Lipinski definition) is 6. The summed E-state index contributed by atoms with van der Waals surface area (Å²) in [4.78, 5) is 70.4. The summed E-state index contributed by atoms with van der Waals surface area (Å²) in [5.74, 6) is -4.42. The van der Waals surface area contributed by atoms with Crippen LogP contribution in [0.2, 0.25) is 0 Å². The maximum Gasteiger partial charge on any atom is 0.326 e. The summed E-state index contributed by atoms with van der Waals surface area (Å²) >= 11 is 0. The Morgan fingerprint density at radius 3 is 1.82 bits per heavy atom. The van der Waals surface area contributed by atoms with Crippen molar-refractivity contribution in [3.63, 3.8) is 0 Å². The molecule has 6 N–H and O–H groups in total. The highest BCUT2D eigenvalue weighted by Crippen LogP contribution is 2.04. The Hall–Kier alpha value is -3.10. The quantitative estimate of drug-likeness (QED) is 0.0874. The van der Waals surface area contributed by atoms with Crippen molar-refractivity contribution in [3.8, 4) is 0 Å². The van der Waals surface area contributed by atoms with Gasteiger partial charge in [-0.1, -0.05) is 0 Å². The van der Waals surface area contributed by atoms with E-state index in [1.807, 2.05) is 0 Å². The molecule has 218 valence electrons. The van der Waals surface area contributed by atoms with Gasteiger partial charge in [-0.2, -0.15) is 0 Å². The fourth-order valence-corrected chi connectivity index (χ4v) is 3.34. The molecule has 0 aromatic heterocycles. The molecule has 0 rings (SSSR count). The lowest BCUT2D eigenvalue weighted by molar-refractivity contribution is -0.144. The molecule has 0 heterocycles. The molecule has 0 aromatic carbocycles. The minimum Gasteiger partial charge on any atom is -0.480 e. The second-order valence-corrected chi connectivity index (χ2v) is 8.54. The first-order chi connectivity index (χ1) is 18.0. The van der Waals surface area contributed by atoms with Crippen LogP contribution in [-0.4, -0.2) is 104 Å². The van der Waals surface area contributed by atoms with Gasteiger partial charge in [-0.3, -0.25) is 19.2 Å². The van der Waals surface area contributed by atoms with E-state index in [9.17, 15) is 39.0 Å². The molecule has 0 bridgehead atoms. The molecule has 14 heteroatoms. The van der Waals surface area contributed by atoms with Crippen LogP contribution in [0, 0.1) is 0 Å². The Labute approximate surface area is 222 Å². The molecule has 14 nitrogen and oxygen atoms in total. The Morgan fingerprint density at radius 1 is 0.737 bits per heavy atom. The van der Waals surface area contributed by atoms with Gasteiger partial charge in [0.05, 0.1) is 19.3 Å². The van der Waals surface area contributed by atoms with Gasteiger partial charge in [-0.05, 0) is 53.0 Å². The third-order valence-electron chi connectivity index (χ3n) is 5.48. The van der Waals surface area contributed by atoms with Crippen LogP contribution in [-0.2, 0) is 38.2 Å². The van der Waals surface area contributed by atoms with Gasteiger partial charge in [-0.25, -0.2) is 9.59 Å². The summed E-state index contributed by atoms with van der Waals surface area (Å²) in [5, 5.41) is 28.8. The highest BCUT2D eigenvalue weighted by atomic mass is 16.5. The first kappa shape index (κ1) is 34.9. The molecule has 0 aliphatic heterocycles. The van der Waals surface area contributed by atoms with Crippen LogP contribution >= 0.6 is 0 Å². The van der Waals surface area contributed by atoms with Crippen LogP contribution in [0.1, 0.15) is 58.8 Å². The second kappa shape index (κ2) is 20.9. The smallest absolute Gasteiger partial charge is 0.326 e. The number of carboxylic acid groups (broad SMARTS) is 2. The number of likely N-dealkylation sites (N-methyl/N-ethyl adjacent to an activating group) is 1. The van der Waals surface area contributed by atoms with Crippen molar-refractivity contribution in [1.29, 1.82) is 0 Å². The Kier molecular flexibility index (Phi) is 19.2. The molecule has 3 atom stereocenters. The lowest BCUT2D eigenvalue weighted by Gasteiger charge is -2.17. The number of ether oxygens (including phenoxy) is 2. The average Bonchev–Trinajstić information content (AvgIpc) is 2.85. The number of hydrogen-bond acceptors (Lipinski definition) is 9. The van der Waals surface area contributed by atoms with Gasteiger partial charge in [0.2, 0.25) is 17.7 Å². The third kappa shape index (κ3) is 17.4. The number of carbonyl (C=O) groups excluding carboxylic acids is 4. The van der Waals surface area contributed by atoms with Crippen LogP contribution < -0.4 is 21.3 Å². The predicted octanol–water partition coefficient (Wildman–Crippen LogP) is -0.798. The lowest BCUT2D eigenvalue weighted by atomic mass is 10.1. The number of ketones is 1. The number of carboxylic acids is 2. The summed E-state index contributed by atoms with van der Waals surface area (Å²) in [5.41, 5.74) is 0. The van der Waals surface area contributed by atoms with Crippen LogP contribution in [0.5, 0.6) is 0 Å². The van der Waals surface area contributed by atoms with Crippen molar-refractivity contribution < 1.29 is 48.5 Å². The predicted molar refractivity (Wildman–Crippen MR) is 135 cm³/mol. The normalized spacial score (nSPS) is 13.1. The van der Waals surface area contributed by atoms with Gasteiger partial charge >= 0.3 is 11.9 Å². The minimum absolute atomic E-state index is 0.0419. The van der Waals surface area contributed by atoms with E-state index in [0.717, 1.165) is 6.42 Å². The van der Waals surface area contributed by atoms with E-state index < -0.39 is 35.8 Å². The zero-order chi connectivity index (χ0) is 28.9. The molecule has 0 saturated carbocycles. The van der Waals surface area contributed by atoms with Gasteiger partial charge in [0.15, 0.2) is 0 Å². The van der Waals surface area contributed by atoms with Gasteiger partial charge in [0.1, 0.15) is 24.5 Å². The maximum absolute atomic E-state index is 12.2. The van der Waals surface area contributed by atoms with Crippen LogP contribution in [0.25, 0.3) is 0 Å². The van der Waals surface area contributed by atoms with Crippen LogP contribution in [0.3, 0.4) is 0 Å². The Morgan fingerprint density at radius 2 is 1.29 bits per heavy atom. The number of nitrogens with one attached hydrogen (secondary N) is 4. The summed E-state index contributed by atoms with van der Waals surface area (Å²) in [6.45, 7) is 4.26. The molecular weight excluding hydrogens is 504 g/mol. The Balaban J connectivity index is 4.40. The van der Waals surface area contributed by atoms with Gasteiger partial charge in [0, 0.05) is 26.0 Å². The fourth-order valence-electron chi connectivity index (χ4n) is 3.34. The van der Waals surface area contributed by atoms with Gasteiger partial charge in [-0.15, -0.1) is 0 Å². The zero-order valence-electron chi connectivity index (χ0n) is 22.4. The fraction of sp³-hybridized carbons (Fsp3) is 0.750. The highest BCUT2D eigenvalue weighted by molar-refractivity contribution is 5.86. The van der Waals surface area contributed by atoms with Crippen LogP contribution in [0.4, 0.5) is 0 Å². The van der Waals surface area contributed by atoms with E-state index in [-0.39, 0.29) is 63.2 Å². The standard InChI is InChI=1S/C24H42N4O10/c1-4-37-13-14-38-15-22(32)28-19(24(35)36)9-11-21(31)27-18(23(33)34)8-10-20(30)26-12-6-5-7-17(25-3)16(2)29/h17-19,25H,4-15H2,1-3H3,(H,26,30)(H,27,31)(H,28,32)(H,33,34)(H,35,36)/t17-,18-,19-/m0/s1. The molecule has 0 unspecified atom stereocenters. The van der Waals surface area contributed by atoms with Crippen molar-refractivity contribution in [2.45, 2.75) is 76.9 Å². The molecule has 0 aliphatic rings. The van der Waals surface area contributed by atoms with Gasteiger partial charge in [0.25, 0.3) is 0 Å². The monoisotopic (exact) mass is 546 g/mol. The van der Waals surface area contributed by atoms with E-state index in [2.05, 4.69) is 21.3 Å². The van der Waals surface area contributed by atoms with Crippen molar-refractivity contribution in [3.05, 3.63) is 0 Å². The molecule has 0 aliphatic carbocycles. The van der Waals surface area contributed by atoms with E-state index in [4.69, 9.17) is 9.47 Å². The van der Waals surface area contributed by atoms with E-state index in [1.54, 1.807) is 14.0 Å². The lowest BCUT2D eigenvalue weighted by Crippen LogP contribution is -2.45. The third-order valence-corrected chi connectivity index (χ3v) is 5.48. The van der Waals surface area contributed by atoms with E-state index in [0.29, 0.717) is 26.0 Å². The Bertz CT molecular complexity index is 777. The first-order valence-corrected chi connectivity index (χ1v) is 12.7. The molecule has 38 heavy (non-hydrogen) atoms. The van der Waals surface area contributed by atoms with Crippen molar-refractivity contribution in [2.75, 3.05) is 40.0 Å². The number of amides is 3. The highest BCUT2D eigenvalue weighted by Gasteiger charge is 2.24. The number of carbonyl (C=O) groups is 6. The minimum atomic E-state index is -1.36. The second-order valence-electron chi connectivity index (χ2n) is 8.54. The van der Waals surface area contributed by atoms with Crippen molar-refractivity contribution in [1.82, 2.24) is 21.3 Å². The zero-order valence-corrected chi connectivity index (χ0v) is 22.4. The first-order valence-electron chi connectivity index (χ1n) is 12.7. The van der Waals surface area contributed by atoms with E-state index in [1.165, 1.54) is 6.92 Å². The number of Topliss-reactive ketones (excluding diaryl/α,β-unsaturated/α-hetero) is 1. The van der Waals surface area contributed by atoms with Gasteiger partial charge < -0.3 is 41.0 Å². The number of unbranched alkanes of at least 4 members (excludes halogenated alkanes) is 1. The molecule has 3 amide bonds. The molecule has 0 fully saturated rings. The number of aliphatic carboxylic acids is 2. The molecule has 0 radical (unpaired) electrons. The van der Waals surface area contributed by atoms with Crippen molar-refractivity contribution >= 4 is 35.4 Å². The average molecular weight is 547 g/mol.